The first-order valence-corrected chi connectivity index (χ1v) is 5.65. The SMILES string of the molecule is NCc1ccc(OCc2cc(F)cc(F)c2)cc1F. The molecule has 0 heterocycles. The Bertz CT molecular complexity index is 567. The van der Waals surface area contributed by atoms with Crippen molar-refractivity contribution in [3.63, 3.8) is 0 Å². The fourth-order valence-electron chi connectivity index (χ4n) is 1.64. The van der Waals surface area contributed by atoms with E-state index in [1.165, 1.54) is 12.1 Å². The van der Waals surface area contributed by atoms with Gasteiger partial charge in [0.05, 0.1) is 0 Å². The topological polar surface area (TPSA) is 35.2 Å². The first kappa shape index (κ1) is 13.4. The lowest BCUT2D eigenvalue weighted by molar-refractivity contribution is 0.303. The van der Waals surface area contributed by atoms with Crippen molar-refractivity contribution >= 4 is 0 Å². The predicted octanol–water partition coefficient (Wildman–Crippen LogP) is 3.14. The number of hydrogen-bond donors (Lipinski definition) is 1. The van der Waals surface area contributed by atoms with Crippen molar-refractivity contribution in [3.05, 3.63) is 65.0 Å². The Kier molecular flexibility index (Phi) is 4.06. The highest BCUT2D eigenvalue weighted by molar-refractivity contribution is 5.29. The van der Waals surface area contributed by atoms with Gasteiger partial charge in [0.2, 0.25) is 0 Å². The van der Waals surface area contributed by atoms with Gasteiger partial charge >= 0.3 is 0 Å². The lowest BCUT2D eigenvalue weighted by Crippen LogP contribution is -2.01. The van der Waals surface area contributed by atoms with E-state index in [1.807, 2.05) is 0 Å². The standard InChI is InChI=1S/C14H12F3NO/c15-11-3-9(4-12(16)5-11)8-19-13-2-1-10(7-18)14(17)6-13/h1-6H,7-8,18H2. The number of ether oxygens (including phenoxy) is 1. The molecule has 0 amide bonds. The molecule has 0 aliphatic rings. The molecule has 2 rings (SSSR count). The average molecular weight is 267 g/mol. The molecule has 0 aliphatic heterocycles. The van der Waals surface area contributed by atoms with Crippen LogP contribution in [0.1, 0.15) is 11.1 Å². The molecule has 0 atom stereocenters. The van der Waals surface area contributed by atoms with E-state index in [4.69, 9.17) is 10.5 Å². The van der Waals surface area contributed by atoms with Crippen LogP contribution < -0.4 is 10.5 Å². The number of nitrogens with two attached hydrogens (primary N) is 1. The van der Waals surface area contributed by atoms with Crippen LogP contribution in [-0.2, 0) is 13.2 Å². The van der Waals surface area contributed by atoms with E-state index in [-0.39, 0.29) is 18.9 Å². The van der Waals surface area contributed by atoms with Crippen molar-refractivity contribution in [2.75, 3.05) is 0 Å². The van der Waals surface area contributed by atoms with Crippen LogP contribution in [0, 0.1) is 17.5 Å². The quantitative estimate of drug-likeness (QED) is 0.923. The second kappa shape index (κ2) is 5.75. The van der Waals surface area contributed by atoms with Crippen LogP contribution in [0.2, 0.25) is 0 Å². The number of rotatable bonds is 4. The summed E-state index contributed by atoms with van der Waals surface area (Å²) in [4.78, 5) is 0. The van der Waals surface area contributed by atoms with E-state index in [9.17, 15) is 13.2 Å². The third-order valence-corrected chi connectivity index (χ3v) is 2.57. The molecule has 2 N–H and O–H groups in total. The van der Waals surface area contributed by atoms with Gasteiger partial charge in [-0.05, 0) is 23.8 Å². The summed E-state index contributed by atoms with van der Waals surface area (Å²) < 4.78 is 44.6. The summed E-state index contributed by atoms with van der Waals surface area (Å²) >= 11 is 0. The summed E-state index contributed by atoms with van der Waals surface area (Å²) in [6.07, 6.45) is 0. The molecule has 0 aliphatic carbocycles. The molecule has 2 aromatic carbocycles. The molecule has 0 saturated heterocycles. The number of hydrogen-bond acceptors (Lipinski definition) is 2. The van der Waals surface area contributed by atoms with Gasteiger partial charge in [0.1, 0.15) is 29.8 Å². The average Bonchev–Trinajstić information content (AvgIpc) is 2.35. The zero-order chi connectivity index (χ0) is 13.8. The van der Waals surface area contributed by atoms with Crippen LogP contribution in [0.15, 0.2) is 36.4 Å². The monoisotopic (exact) mass is 267 g/mol. The Balaban J connectivity index is 2.08. The highest BCUT2D eigenvalue weighted by Gasteiger charge is 2.05. The fourth-order valence-corrected chi connectivity index (χ4v) is 1.64. The van der Waals surface area contributed by atoms with E-state index in [1.54, 1.807) is 6.07 Å². The summed E-state index contributed by atoms with van der Waals surface area (Å²) in [5, 5.41) is 0. The Morgan fingerprint density at radius 1 is 0.947 bits per heavy atom. The highest BCUT2D eigenvalue weighted by atomic mass is 19.1. The zero-order valence-corrected chi connectivity index (χ0v) is 10.00. The lowest BCUT2D eigenvalue weighted by Gasteiger charge is -2.08. The molecule has 2 aromatic rings. The van der Waals surface area contributed by atoms with Crippen molar-refractivity contribution in [3.8, 4) is 5.75 Å². The van der Waals surface area contributed by atoms with Gasteiger partial charge in [0.15, 0.2) is 0 Å². The summed E-state index contributed by atoms with van der Waals surface area (Å²) in [5.74, 6) is -1.55. The minimum Gasteiger partial charge on any atom is -0.489 e. The van der Waals surface area contributed by atoms with Crippen LogP contribution in [0.25, 0.3) is 0 Å². The van der Waals surface area contributed by atoms with E-state index in [2.05, 4.69) is 0 Å². The first-order valence-electron chi connectivity index (χ1n) is 5.65. The third-order valence-electron chi connectivity index (χ3n) is 2.57. The fraction of sp³-hybridized carbons (Fsp3) is 0.143. The molecule has 0 spiro atoms. The maximum absolute atomic E-state index is 13.4. The van der Waals surface area contributed by atoms with E-state index < -0.39 is 17.5 Å². The minimum atomic E-state index is -0.678. The first-order chi connectivity index (χ1) is 9.08. The van der Waals surface area contributed by atoms with E-state index >= 15 is 0 Å². The molecule has 0 bridgehead atoms. The second-order valence-electron chi connectivity index (χ2n) is 4.02. The minimum absolute atomic E-state index is 0.0455. The van der Waals surface area contributed by atoms with Gasteiger partial charge in [-0.25, -0.2) is 13.2 Å². The molecular formula is C14H12F3NO. The Morgan fingerprint density at radius 2 is 1.63 bits per heavy atom. The smallest absolute Gasteiger partial charge is 0.131 e. The maximum Gasteiger partial charge on any atom is 0.131 e. The van der Waals surface area contributed by atoms with Gasteiger partial charge in [0.25, 0.3) is 0 Å². The summed E-state index contributed by atoms with van der Waals surface area (Å²) in [6.45, 7) is 0.0529. The van der Waals surface area contributed by atoms with E-state index in [0.717, 1.165) is 18.2 Å². The van der Waals surface area contributed by atoms with Crippen molar-refractivity contribution in [1.29, 1.82) is 0 Å². The van der Waals surface area contributed by atoms with Crippen LogP contribution in [0.5, 0.6) is 5.75 Å². The Morgan fingerprint density at radius 3 is 2.21 bits per heavy atom. The van der Waals surface area contributed by atoms with Gasteiger partial charge < -0.3 is 10.5 Å². The molecule has 5 heteroatoms. The van der Waals surface area contributed by atoms with Crippen molar-refractivity contribution in [2.45, 2.75) is 13.2 Å². The zero-order valence-electron chi connectivity index (χ0n) is 10.00. The molecule has 0 unspecified atom stereocenters. The third kappa shape index (κ3) is 3.48. The molecule has 0 saturated carbocycles. The van der Waals surface area contributed by atoms with Crippen LogP contribution in [-0.4, -0.2) is 0 Å². The maximum atomic E-state index is 13.4. The molecule has 0 fully saturated rings. The molecule has 0 radical (unpaired) electrons. The van der Waals surface area contributed by atoms with Crippen molar-refractivity contribution < 1.29 is 17.9 Å². The largest absolute Gasteiger partial charge is 0.489 e. The Hall–Kier alpha value is -2.01. The van der Waals surface area contributed by atoms with Crippen LogP contribution >= 0.6 is 0 Å². The second-order valence-corrected chi connectivity index (χ2v) is 4.02. The summed E-state index contributed by atoms with van der Waals surface area (Å²) in [6, 6.07) is 7.36. The molecule has 2 nitrogen and oxygen atoms in total. The number of halogens is 3. The lowest BCUT2D eigenvalue weighted by atomic mass is 10.2. The van der Waals surface area contributed by atoms with Crippen molar-refractivity contribution in [2.24, 2.45) is 5.73 Å². The van der Waals surface area contributed by atoms with E-state index in [0.29, 0.717) is 11.1 Å². The summed E-state index contributed by atoms with van der Waals surface area (Å²) in [7, 11) is 0. The molecule has 19 heavy (non-hydrogen) atoms. The van der Waals surface area contributed by atoms with Crippen molar-refractivity contribution in [1.82, 2.24) is 0 Å². The van der Waals surface area contributed by atoms with Gasteiger partial charge in [0, 0.05) is 24.2 Å². The van der Waals surface area contributed by atoms with Crippen LogP contribution in [0.4, 0.5) is 13.2 Å². The Labute approximate surface area is 108 Å². The predicted molar refractivity (Wildman–Crippen MR) is 65.0 cm³/mol. The number of benzene rings is 2. The summed E-state index contributed by atoms with van der Waals surface area (Å²) in [5.41, 5.74) is 6.05. The molecular weight excluding hydrogens is 255 g/mol. The van der Waals surface area contributed by atoms with Gasteiger partial charge in [-0.2, -0.15) is 0 Å². The van der Waals surface area contributed by atoms with Gasteiger partial charge in [-0.15, -0.1) is 0 Å². The highest BCUT2D eigenvalue weighted by Crippen LogP contribution is 2.18. The molecule has 0 aromatic heterocycles. The van der Waals surface area contributed by atoms with Gasteiger partial charge in [-0.3, -0.25) is 0 Å². The van der Waals surface area contributed by atoms with Crippen LogP contribution in [0.3, 0.4) is 0 Å². The molecule has 100 valence electrons. The normalized spacial score (nSPS) is 10.5. The van der Waals surface area contributed by atoms with Gasteiger partial charge in [-0.1, -0.05) is 6.07 Å².